The minimum atomic E-state index is -2.56. The molecule has 5 heteroatoms. The van der Waals surface area contributed by atoms with Gasteiger partial charge in [-0.15, -0.1) is 0 Å². The number of alkyl halides is 2. The molecule has 1 saturated heterocycles. The van der Waals surface area contributed by atoms with Crippen LogP contribution in [0.2, 0.25) is 0 Å². The second-order valence-corrected chi connectivity index (χ2v) is 5.03. The van der Waals surface area contributed by atoms with E-state index >= 15 is 0 Å². The van der Waals surface area contributed by atoms with E-state index in [1.54, 1.807) is 12.1 Å². The number of benzene rings is 1. The standard InChI is InChI=1S/C12H11BrF2N2/c13-10-2-1-9(8-16)11(7-10)17-5-3-12(14,15)4-6-17/h1-2,7H,3-6H2. The van der Waals surface area contributed by atoms with Crippen LogP contribution >= 0.6 is 15.9 Å². The summed E-state index contributed by atoms with van der Waals surface area (Å²) in [4.78, 5) is 1.85. The van der Waals surface area contributed by atoms with Gasteiger partial charge in [-0.25, -0.2) is 8.78 Å². The molecule has 0 amide bonds. The molecule has 1 aromatic carbocycles. The molecule has 1 aliphatic rings. The van der Waals surface area contributed by atoms with Gasteiger partial charge in [-0.05, 0) is 18.2 Å². The lowest BCUT2D eigenvalue weighted by molar-refractivity contribution is -0.0220. The Morgan fingerprint density at radius 2 is 1.94 bits per heavy atom. The Kier molecular flexibility index (Phi) is 3.34. The Morgan fingerprint density at radius 3 is 2.53 bits per heavy atom. The second-order valence-electron chi connectivity index (χ2n) is 4.12. The van der Waals surface area contributed by atoms with Gasteiger partial charge in [-0.2, -0.15) is 5.26 Å². The Morgan fingerprint density at radius 1 is 1.29 bits per heavy atom. The van der Waals surface area contributed by atoms with E-state index in [1.807, 2.05) is 11.0 Å². The van der Waals surface area contributed by atoms with Crippen molar-refractivity contribution in [2.75, 3.05) is 18.0 Å². The maximum Gasteiger partial charge on any atom is 0.251 e. The molecule has 0 saturated carbocycles. The van der Waals surface area contributed by atoms with Crippen LogP contribution in [-0.2, 0) is 0 Å². The van der Waals surface area contributed by atoms with Crippen molar-refractivity contribution in [3.8, 4) is 6.07 Å². The molecule has 17 heavy (non-hydrogen) atoms. The number of nitriles is 1. The van der Waals surface area contributed by atoms with Crippen LogP contribution < -0.4 is 4.90 Å². The normalized spacial score (nSPS) is 18.8. The maximum absolute atomic E-state index is 13.1. The third-order valence-corrected chi connectivity index (χ3v) is 3.41. The average molecular weight is 301 g/mol. The molecule has 1 heterocycles. The minimum absolute atomic E-state index is 0.148. The summed E-state index contributed by atoms with van der Waals surface area (Å²) in [5, 5.41) is 9.00. The summed E-state index contributed by atoms with van der Waals surface area (Å²) < 4.78 is 27.0. The quantitative estimate of drug-likeness (QED) is 0.793. The van der Waals surface area contributed by atoms with Crippen LogP contribution in [0.5, 0.6) is 0 Å². The monoisotopic (exact) mass is 300 g/mol. The number of halogens is 3. The first kappa shape index (κ1) is 12.3. The number of piperidine rings is 1. The number of rotatable bonds is 1. The van der Waals surface area contributed by atoms with E-state index in [9.17, 15) is 8.78 Å². The molecule has 0 aliphatic carbocycles. The summed E-state index contributed by atoms with van der Waals surface area (Å²) in [6, 6.07) is 7.38. The fourth-order valence-electron chi connectivity index (χ4n) is 1.94. The molecular weight excluding hydrogens is 290 g/mol. The Bertz CT molecular complexity index is 458. The molecule has 1 aromatic rings. The Balaban J connectivity index is 2.24. The first-order valence-corrected chi connectivity index (χ1v) is 6.13. The molecule has 0 unspecified atom stereocenters. The van der Waals surface area contributed by atoms with Crippen LogP contribution in [-0.4, -0.2) is 19.0 Å². The first-order chi connectivity index (χ1) is 8.02. The van der Waals surface area contributed by atoms with Gasteiger partial charge >= 0.3 is 0 Å². The van der Waals surface area contributed by atoms with Gasteiger partial charge in [0.05, 0.1) is 11.3 Å². The van der Waals surface area contributed by atoms with Crippen LogP contribution in [0.1, 0.15) is 18.4 Å². The van der Waals surface area contributed by atoms with Crippen LogP contribution in [0.4, 0.5) is 14.5 Å². The van der Waals surface area contributed by atoms with E-state index < -0.39 is 5.92 Å². The van der Waals surface area contributed by atoms with Crippen LogP contribution in [0.25, 0.3) is 0 Å². The first-order valence-electron chi connectivity index (χ1n) is 5.34. The van der Waals surface area contributed by atoms with Crippen molar-refractivity contribution >= 4 is 21.6 Å². The molecule has 0 bridgehead atoms. The summed E-state index contributed by atoms with van der Waals surface area (Å²) in [6.07, 6.45) is -0.297. The van der Waals surface area contributed by atoms with E-state index in [4.69, 9.17) is 5.26 Å². The smallest absolute Gasteiger partial charge is 0.251 e. The number of nitrogens with zero attached hydrogens (tertiary/aromatic N) is 2. The van der Waals surface area contributed by atoms with Gasteiger partial charge < -0.3 is 4.90 Å². The summed E-state index contributed by atoms with van der Waals surface area (Å²) in [6.45, 7) is 0.580. The van der Waals surface area contributed by atoms with Crippen molar-refractivity contribution in [3.63, 3.8) is 0 Å². The van der Waals surface area contributed by atoms with Crippen molar-refractivity contribution in [2.45, 2.75) is 18.8 Å². The van der Waals surface area contributed by atoms with Gasteiger partial charge in [0, 0.05) is 30.4 Å². The molecular formula is C12H11BrF2N2. The fourth-order valence-corrected chi connectivity index (χ4v) is 2.28. The summed E-state index contributed by atoms with van der Waals surface area (Å²) in [5.41, 5.74) is 1.26. The van der Waals surface area contributed by atoms with Crippen molar-refractivity contribution in [1.82, 2.24) is 0 Å². The molecule has 90 valence electrons. The molecule has 2 rings (SSSR count). The summed E-state index contributed by atoms with van der Waals surface area (Å²) in [7, 11) is 0. The van der Waals surface area contributed by atoms with Gasteiger partial charge in [0.25, 0.3) is 5.92 Å². The zero-order valence-corrected chi connectivity index (χ0v) is 10.7. The second kappa shape index (κ2) is 4.61. The van der Waals surface area contributed by atoms with Gasteiger partial charge in [0.1, 0.15) is 6.07 Å². The lowest BCUT2D eigenvalue weighted by Gasteiger charge is -2.33. The van der Waals surface area contributed by atoms with Gasteiger partial charge in [0.15, 0.2) is 0 Å². The van der Waals surface area contributed by atoms with E-state index in [0.717, 1.165) is 10.2 Å². The van der Waals surface area contributed by atoms with Crippen LogP contribution in [0.15, 0.2) is 22.7 Å². The summed E-state index contributed by atoms with van der Waals surface area (Å²) in [5.74, 6) is -2.56. The molecule has 1 aliphatic heterocycles. The zero-order valence-electron chi connectivity index (χ0n) is 9.09. The third-order valence-electron chi connectivity index (χ3n) is 2.92. The molecule has 1 fully saturated rings. The van der Waals surface area contributed by atoms with Crippen molar-refractivity contribution in [3.05, 3.63) is 28.2 Å². The molecule has 0 atom stereocenters. The molecule has 0 aromatic heterocycles. The fraction of sp³-hybridized carbons (Fsp3) is 0.417. The number of hydrogen-bond acceptors (Lipinski definition) is 2. The van der Waals surface area contributed by atoms with Gasteiger partial charge in [0.2, 0.25) is 0 Å². The van der Waals surface area contributed by atoms with Crippen molar-refractivity contribution < 1.29 is 8.78 Å². The maximum atomic E-state index is 13.1. The highest BCUT2D eigenvalue weighted by atomic mass is 79.9. The largest absolute Gasteiger partial charge is 0.370 e. The molecule has 2 nitrogen and oxygen atoms in total. The number of anilines is 1. The molecule has 0 radical (unpaired) electrons. The predicted octanol–water partition coefficient (Wildman–Crippen LogP) is 3.56. The Hall–Kier alpha value is -1.15. The van der Waals surface area contributed by atoms with Crippen LogP contribution in [0, 0.1) is 11.3 Å². The highest BCUT2D eigenvalue weighted by molar-refractivity contribution is 9.10. The van der Waals surface area contributed by atoms with Crippen molar-refractivity contribution in [2.24, 2.45) is 0 Å². The lowest BCUT2D eigenvalue weighted by Crippen LogP contribution is -2.39. The van der Waals surface area contributed by atoms with E-state index in [2.05, 4.69) is 22.0 Å². The molecule has 0 N–H and O–H groups in total. The third kappa shape index (κ3) is 2.75. The highest BCUT2D eigenvalue weighted by Crippen LogP contribution is 2.32. The van der Waals surface area contributed by atoms with E-state index in [-0.39, 0.29) is 25.9 Å². The average Bonchev–Trinajstić information content (AvgIpc) is 2.29. The van der Waals surface area contributed by atoms with Crippen LogP contribution in [0.3, 0.4) is 0 Å². The topological polar surface area (TPSA) is 27.0 Å². The molecule has 0 spiro atoms. The minimum Gasteiger partial charge on any atom is -0.370 e. The van der Waals surface area contributed by atoms with Gasteiger partial charge in [-0.3, -0.25) is 0 Å². The zero-order chi connectivity index (χ0) is 12.5. The predicted molar refractivity (Wildman–Crippen MR) is 65.3 cm³/mol. The lowest BCUT2D eigenvalue weighted by atomic mass is 10.0. The SMILES string of the molecule is N#Cc1ccc(Br)cc1N1CCC(F)(F)CC1. The van der Waals surface area contributed by atoms with E-state index in [0.29, 0.717) is 5.56 Å². The Labute approximate surface area is 107 Å². The summed E-state index contributed by atoms with van der Waals surface area (Å²) >= 11 is 3.33. The van der Waals surface area contributed by atoms with Gasteiger partial charge in [-0.1, -0.05) is 15.9 Å². The number of hydrogen-bond donors (Lipinski definition) is 0. The highest BCUT2D eigenvalue weighted by Gasteiger charge is 2.34. The van der Waals surface area contributed by atoms with E-state index in [1.165, 1.54) is 0 Å². The van der Waals surface area contributed by atoms with Crippen molar-refractivity contribution in [1.29, 1.82) is 5.26 Å².